The molecule has 0 saturated carbocycles. The number of amides is 2. The Morgan fingerprint density at radius 2 is 1.70 bits per heavy atom. The molecule has 0 bridgehead atoms. The zero-order chi connectivity index (χ0) is 28.4. The average Bonchev–Trinajstić information content (AvgIpc) is 3.25. The van der Waals surface area contributed by atoms with Gasteiger partial charge in [0.1, 0.15) is 11.7 Å². The number of carboxylic acid groups (broad SMARTS) is 1. The molecule has 206 valence electrons. The fourth-order valence-corrected chi connectivity index (χ4v) is 3.22. The maximum Gasteiger partial charge on any atom is 0.490 e. The summed E-state index contributed by atoms with van der Waals surface area (Å²) >= 11 is 0. The first kappa shape index (κ1) is 31.4. The number of hydrogen-bond acceptors (Lipinski definition) is 9. The van der Waals surface area contributed by atoms with E-state index in [1.807, 2.05) is 13.8 Å². The lowest BCUT2D eigenvalue weighted by atomic mass is 10.0. The number of nitrogens with one attached hydrogen (secondary N) is 1. The van der Waals surface area contributed by atoms with E-state index in [1.54, 1.807) is 10.9 Å². The second-order valence-electron chi connectivity index (χ2n) is 8.20. The summed E-state index contributed by atoms with van der Waals surface area (Å²) in [6.07, 6.45) is 3.08. The Hall–Kier alpha value is -3.63. The van der Waals surface area contributed by atoms with Crippen LogP contribution >= 0.6 is 0 Å². The van der Waals surface area contributed by atoms with E-state index in [0.29, 0.717) is 30.6 Å². The van der Waals surface area contributed by atoms with Crippen LogP contribution in [0.2, 0.25) is 0 Å². The van der Waals surface area contributed by atoms with E-state index in [9.17, 15) is 31.2 Å². The summed E-state index contributed by atoms with van der Waals surface area (Å²) in [4.78, 5) is 39.8. The first-order valence-corrected chi connectivity index (χ1v) is 12.7. The number of carbonyl (C=O) groups excluding carboxylic acids is 2. The summed E-state index contributed by atoms with van der Waals surface area (Å²) in [5.41, 5.74) is 6.40. The summed E-state index contributed by atoms with van der Waals surface area (Å²) in [6, 6.07) is -0.651. The number of carbonyl (C=O) groups is 3. The second kappa shape index (κ2) is 13.6. The summed E-state index contributed by atoms with van der Waals surface area (Å²) in [5, 5.41) is 17.6. The van der Waals surface area contributed by atoms with E-state index < -0.39 is 33.9 Å². The van der Waals surface area contributed by atoms with Gasteiger partial charge < -0.3 is 16.2 Å². The Labute approximate surface area is 210 Å². The van der Waals surface area contributed by atoms with Crippen LogP contribution in [0.3, 0.4) is 0 Å². The van der Waals surface area contributed by atoms with E-state index in [-0.39, 0.29) is 17.0 Å². The standard InChI is InChI=1S/C18H27N7O4S.C2HF3O2/c1-12(2)16(17(19)27)22-15(26)7-5-4-6-8-25-11-14(23-24-25)13-9-20-18(21-10-13)30(3,28)29;3-2(4,5)1(6)7/h9-12,16H,4-8H2,1-3H3,(H2,19,27)(H,22,26);(H,6,7)/t16-;/m0./s1. The molecule has 0 unspecified atom stereocenters. The lowest BCUT2D eigenvalue weighted by molar-refractivity contribution is -0.192. The Bertz CT molecular complexity index is 1170. The summed E-state index contributed by atoms with van der Waals surface area (Å²) < 4.78 is 56.2. The SMILES string of the molecule is CC(C)[C@H](NC(=O)CCCCCn1cc(-c2cnc(S(C)(=O)=O)nc2)nn1)C(N)=O.O=C(O)C(F)(F)F. The van der Waals surface area contributed by atoms with Crippen LogP contribution < -0.4 is 11.1 Å². The molecule has 2 heterocycles. The molecule has 0 aliphatic carbocycles. The van der Waals surface area contributed by atoms with Gasteiger partial charge in [-0.2, -0.15) is 13.2 Å². The highest BCUT2D eigenvalue weighted by molar-refractivity contribution is 7.90. The molecule has 0 radical (unpaired) electrons. The van der Waals surface area contributed by atoms with E-state index in [2.05, 4.69) is 25.6 Å². The molecule has 0 fully saturated rings. The Kier molecular flexibility index (Phi) is 11.6. The third kappa shape index (κ3) is 11.3. The minimum Gasteiger partial charge on any atom is -0.475 e. The highest BCUT2D eigenvalue weighted by atomic mass is 32.2. The number of carboxylic acids is 1. The van der Waals surface area contributed by atoms with Crippen molar-refractivity contribution in [2.45, 2.75) is 63.5 Å². The van der Waals surface area contributed by atoms with Crippen molar-refractivity contribution in [3.05, 3.63) is 18.6 Å². The van der Waals surface area contributed by atoms with Gasteiger partial charge in [-0.25, -0.2) is 23.2 Å². The number of primary amides is 1. The topological polar surface area (TPSA) is 200 Å². The van der Waals surface area contributed by atoms with Crippen LogP contribution in [0.15, 0.2) is 23.7 Å². The van der Waals surface area contributed by atoms with Gasteiger partial charge in [0.15, 0.2) is 0 Å². The number of aliphatic carboxylic acids is 1. The quantitative estimate of drug-likeness (QED) is 0.267. The molecule has 2 amide bonds. The molecule has 17 heteroatoms. The zero-order valence-corrected chi connectivity index (χ0v) is 21.1. The van der Waals surface area contributed by atoms with Crippen LogP contribution in [-0.4, -0.2) is 74.7 Å². The minimum absolute atomic E-state index is 0.0547. The molecular formula is C20H28F3N7O6S. The van der Waals surface area contributed by atoms with Crippen LogP contribution in [0.5, 0.6) is 0 Å². The minimum atomic E-state index is -5.08. The van der Waals surface area contributed by atoms with Crippen molar-refractivity contribution in [2.75, 3.05) is 6.26 Å². The molecule has 0 aromatic carbocycles. The van der Waals surface area contributed by atoms with Crippen LogP contribution in [-0.2, 0) is 30.8 Å². The maximum atomic E-state index is 11.9. The second-order valence-corrected chi connectivity index (χ2v) is 10.1. The molecule has 4 N–H and O–H groups in total. The zero-order valence-electron chi connectivity index (χ0n) is 20.3. The van der Waals surface area contributed by atoms with Crippen LogP contribution in [0.4, 0.5) is 13.2 Å². The predicted octanol–water partition coefficient (Wildman–Crippen LogP) is 0.958. The van der Waals surface area contributed by atoms with Crippen molar-refractivity contribution >= 4 is 27.6 Å². The molecule has 2 aromatic heterocycles. The van der Waals surface area contributed by atoms with Gasteiger partial charge in [-0.3, -0.25) is 14.3 Å². The fraction of sp³-hybridized carbons (Fsp3) is 0.550. The highest BCUT2D eigenvalue weighted by Crippen LogP contribution is 2.15. The number of nitrogens with zero attached hydrogens (tertiary/aromatic N) is 5. The van der Waals surface area contributed by atoms with E-state index in [0.717, 1.165) is 19.1 Å². The van der Waals surface area contributed by atoms with E-state index >= 15 is 0 Å². The van der Waals surface area contributed by atoms with Gasteiger partial charge in [0.05, 0.1) is 6.20 Å². The lowest BCUT2D eigenvalue weighted by Gasteiger charge is -2.18. The van der Waals surface area contributed by atoms with Crippen molar-refractivity contribution in [1.82, 2.24) is 30.3 Å². The van der Waals surface area contributed by atoms with Crippen LogP contribution in [0.1, 0.15) is 39.5 Å². The van der Waals surface area contributed by atoms with Crippen molar-refractivity contribution in [3.63, 3.8) is 0 Å². The number of aryl methyl sites for hydroxylation is 1. The average molecular weight is 552 g/mol. The Morgan fingerprint density at radius 3 is 2.16 bits per heavy atom. The first-order valence-electron chi connectivity index (χ1n) is 10.8. The van der Waals surface area contributed by atoms with Gasteiger partial charge in [0.25, 0.3) is 0 Å². The molecule has 0 spiro atoms. The summed E-state index contributed by atoms with van der Waals surface area (Å²) in [5.74, 6) is -3.53. The lowest BCUT2D eigenvalue weighted by Crippen LogP contribution is -2.47. The molecule has 0 saturated heterocycles. The molecule has 0 aliphatic rings. The molecule has 2 rings (SSSR count). The number of unbranched alkanes of at least 4 members (excludes halogenated alkanes) is 2. The fourth-order valence-electron chi connectivity index (χ4n) is 2.73. The third-order valence-corrected chi connectivity index (χ3v) is 5.49. The van der Waals surface area contributed by atoms with Gasteiger partial charge in [-0.1, -0.05) is 25.5 Å². The summed E-state index contributed by atoms with van der Waals surface area (Å²) in [7, 11) is -3.45. The van der Waals surface area contributed by atoms with E-state index in [1.165, 1.54) is 12.4 Å². The smallest absolute Gasteiger partial charge is 0.475 e. The Morgan fingerprint density at radius 1 is 1.14 bits per heavy atom. The third-order valence-electron chi connectivity index (χ3n) is 4.62. The van der Waals surface area contributed by atoms with Crippen LogP contribution in [0, 0.1) is 5.92 Å². The number of hydrogen-bond donors (Lipinski definition) is 3. The normalized spacial score (nSPS) is 12.4. The van der Waals surface area contributed by atoms with Gasteiger partial charge >= 0.3 is 12.1 Å². The number of nitrogens with two attached hydrogens (primary N) is 1. The van der Waals surface area contributed by atoms with Crippen molar-refractivity contribution in [2.24, 2.45) is 11.7 Å². The molecule has 0 aliphatic heterocycles. The van der Waals surface area contributed by atoms with Gasteiger partial charge in [-0.05, 0) is 18.8 Å². The number of alkyl halides is 3. The summed E-state index contributed by atoms with van der Waals surface area (Å²) in [6.45, 7) is 4.27. The van der Waals surface area contributed by atoms with Gasteiger partial charge in [0, 0.05) is 37.2 Å². The first-order chi connectivity index (χ1) is 17.0. The molecule has 13 nitrogen and oxygen atoms in total. The molecular weight excluding hydrogens is 523 g/mol. The number of aromatic nitrogens is 5. The van der Waals surface area contributed by atoms with Crippen molar-refractivity contribution < 1.29 is 41.1 Å². The Balaban J connectivity index is 0.000000856. The molecule has 2 aromatic rings. The largest absolute Gasteiger partial charge is 0.490 e. The van der Waals surface area contributed by atoms with Crippen molar-refractivity contribution in [1.29, 1.82) is 0 Å². The number of rotatable bonds is 11. The number of sulfone groups is 1. The monoisotopic (exact) mass is 551 g/mol. The van der Waals surface area contributed by atoms with Gasteiger partial charge in [-0.15, -0.1) is 5.10 Å². The van der Waals surface area contributed by atoms with Crippen molar-refractivity contribution in [3.8, 4) is 11.3 Å². The van der Waals surface area contributed by atoms with Gasteiger partial charge in [0.2, 0.25) is 26.8 Å². The number of halogens is 3. The molecule has 1 atom stereocenters. The predicted molar refractivity (Wildman–Crippen MR) is 122 cm³/mol. The van der Waals surface area contributed by atoms with Crippen LogP contribution in [0.25, 0.3) is 11.3 Å². The molecule has 37 heavy (non-hydrogen) atoms. The highest BCUT2D eigenvalue weighted by Gasteiger charge is 2.38. The van der Waals surface area contributed by atoms with E-state index in [4.69, 9.17) is 15.6 Å². The maximum absolute atomic E-state index is 11.9.